The van der Waals surface area contributed by atoms with Gasteiger partial charge in [-0.2, -0.15) is 4.98 Å². The molecule has 1 aromatic carbocycles. The lowest BCUT2D eigenvalue weighted by molar-refractivity contribution is 0.0960. The largest absolute Gasteiger partial charge is 0.467 e. The third-order valence-electron chi connectivity index (χ3n) is 2.60. The van der Waals surface area contributed by atoms with Crippen molar-refractivity contribution in [3.63, 3.8) is 0 Å². The molecule has 0 amide bonds. The van der Waals surface area contributed by atoms with E-state index in [1.807, 2.05) is 0 Å². The second kappa shape index (κ2) is 5.96. The van der Waals surface area contributed by atoms with Crippen LogP contribution in [0.1, 0.15) is 22.1 Å². The first-order chi connectivity index (χ1) is 9.65. The number of ketones is 1. The number of nitrogens with zero attached hydrogens (tertiary/aromatic N) is 3. The molecule has 7 heteroatoms. The van der Waals surface area contributed by atoms with Gasteiger partial charge in [-0.25, -0.2) is 9.37 Å². The Morgan fingerprint density at radius 1 is 1.30 bits per heavy atom. The Kier molecular flexibility index (Phi) is 4.09. The lowest BCUT2D eigenvalue weighted by Gasteiger charge is -2.08. The van der Waals surface area contributed by atoms with Crippen LogP contribution in [0.15, 0.2) is 41.7 Å². The van der Waals surface area contributed by atoms with Crippen LogP contribution >= 0.6 is 0 Å². The van der Waals surface area contributed by atoms with Gasteiger partial charge in [0, 0.05) is 11.8 Å². The number of nitroso groups, excluding NO2 is 1. The van der Waals surface area contributed by atoms with Crippen molar-refractivity contribution in [3.8, 4) is 6.01 Å². The molecular weight excluding hydrogens is 265 g/mol. The van der Waals surface area contributed by atoms with Crippen LogP contribution in [0.3, 0.4) is 0 Å². The second-order valence-electron chi connectivity index (χ2n) is 3.85. The molecule has 2 aromatic rings. The number of carbonyl (C=O) groups is 1. The Balaban J connectivity index is 2.33. The summed E-state index contributed by atoms with van der Waals surface area (Å²) in [4.78, 5) is 30.8. The molecule has 0 bridgehead atoms. The van der Waals surface area contributed by atoms with E-state index in [1.54, 1.807) is 0 Å². The molecule has 1 unspecified atom stereocenters. The number of hydrogen-bond donors (Lipinski definition) is 0. The van der Waals surface area contributed by atoms with Crippen molar-refractivity contribution in [1.82, 2.24) is 9.97 Å². The summed E-state index contributed by atoms with van der Waals surface area (Å²) in [6, 6.07) is 4.95. The van der Waals surface area contributed by atoms with Crippen molar-refractivity contribution in [2.75, 3.05) is 7.11 Å². The van der Waals surface area contributed by atoms with Crippen LogP contribution in [0.5, 0.6) is 6.01 Å². The van der Waals surface area contributed by atoms with Gasteiger partial charge < -0.3 is 4.74 Å². The van der Waals surface area contributed by atoms with Gasteiger partial charge in [-0.3, -0.25) is 4.79 Å². The van der Waals surface area contributed by atoms with E-state index in [0.717, 1.165) is 12.1 Å². The minimum absolute atomic E-state index is 0.0306. The minimum Gasteiger partial charge on any atom is -0.467 e. The zero-order chi connectivity index (χ0) is 14.5. The van der Waals surface area contributed by atoms with Crippen LogP contribution in [0, 0.1) is 10.7 Å². The number of carbonyl (C=O) groups excluding carboxylic acids is 1. The van der Waals surface area contributed by atoms with Crippen LogP contribution in [0.2, 0.25) is 0 Å². The van der Waals surface area contributed by atoms with Crippen molar-refractivity contribution in [1.29, 1.82) is 0 Å². The van der Waals surface area contributed by atoms with E-state index in [0.29, 0.717) is 0 Å². The SMILES string of the molecule is COc1nccc(C(N=O)C(=O)c2ccc(F)cc2)n1. The minimum atomic E-state index is -1.32. The molecule has 20 heavy (non-hydrogen) atoms. The highest BCUT2D eigenvalue weighted by Gasteiger charge is 2.25. The average Bonchev–Trinajstić information content (AvgIpc) is 2.49. The van der Waals surface area contributed by atoms with Gasteiger partial charge in [-0.15, -0.1) is 4.91 Å². The molecule has 0 radical (unpaired) electrons. The van der Waals surface area contributed by atoms with Crippen LogP contribution in [-0.2, 0) is 0 Å². The zero-order valence-corrected chi connectivity index (χ0v) is 10.5. The highest BCUT2D eigenvalue weighted by molar-refractivity contribution is 6.00. The lowest BCUT2D eigenvalue weighted by atomic mass is 10.0. The maximum absolute atomic E-state index is 12.8. The third kappa shape index (κ3) is 2.82. The summed E-state index contributed by atoms with van der Waals surface area (Å²) in [7, 11) is 1.37. The van der Waals surface area contributed by atoms with Gasteiger partial charge in [0.2, 0.25) is 0 Å². The van der Waals surface area contributed by atoms with E-state index in [4.69, 9.17) is 4.74 Å². The van der Waals surface area contributed by atoms with Crippen molar-refractivity contribution in [2.24, 2.45) is 5.18 Å². The molecule has 0 fully saturated rings. The van der Waals surface area contributed by atoms with Crippen LogP contribution < -0.4 is 4.74 Å². The number of rotatable bonds is 5. The highest BCUT2D eigenvalue weighted by Crippen LogP contribution is 2.21. The molecule has 0 aliphatic carbocycles. The molecule has 6 nitrogen and oxygen atoms in total. The monoisotopic (exact) mass is 275 g/mol. The first kappa shape index (κ1) is 13.7. The maximum Gasteiger partial charge on any atom is 0.316 e. The van der Waals surface area contributed by atoms with E-state index in [9.17, 15) is 14.1 Å². The van der Waals surface area contributed by atoms with Crippen molar-refractivity contribution >= 4 is 5.78 Å². The number of halogens is 1. The summed E-state index contributed by atoms with van der Waals surface area (Å²) in [6.45, 7) is 0. The van der Waals surface area contributed by atoms with Crippen molar-refractivity contribution < 1.29 is 13.9 Å². The molecule has 1 heterocycles. The van der Waals surface area contributed by atoms with E-state index < -0.39 is 17.6 Å². The van der Waals surface area contributed by atoms with Gasteiger partial charge in [-0.05, 0) is 30.3 Å². The number of methoxy groups -OCH3 is 1. The molecule has 0 aliphatic heterocycles. The molecule has 1 aromatic heterocycles. The second-order valence-corrected chi connectivity index (χ2v) is 3.85. The van der Waals surface area contributed by atoms with Crippen molar-refractivity contribution in [2.45, 2.75) is 6.04 Å². The number of Topliss-reactive ketones (excluding diaryl/α,β-unsaturated/α-hetero) is 1. The topological polar surface area (TPSA) is 81.5 Å². The molecule has 102 valence electrons. The fourth-order valence-electron chi connectivity index (χ4n) is 1.61. The first-order valence-corrected chi connectivity index (χ1v) is 5.65. The Morgan fingerprint density at radius 3 is 2.60 bits per heavy atom. The molecule has 0 saturated carbocycles. The van der Waals surface area contributed by atoms with E-state index in [2.05, 4.69) is 15.1 Å². The number of benzene rings is 1. The fraction of sp³-hybridized carbons (Fsp3) is 0.154. The van der Waals surface area contributed by atoms with E-state index in [1.165, 1.54) is 31.5 Å². The molecule has 0 aliphatic rings. The van der Waals surface area contributed by atoms with Gasteiger partial charge in [0.1, 0.15) is 5.82 Å². The normalized spacial score (nSPS) is 11.7. The van der Waals surface area contributed by atoms with Gasteiger partial charge in [0.05, 0.1) is 12.8 Å². The maximum atomic E-state index is 12.8. The zero-order valence-electron chi connectivity index (χ0n) is 10.5. The summed E-state index contributed by atoms with van der Waals surface area (Å²) >= 11 is 0. The lowest BCUT2D eigenvalue weighted by Crippen LogP contribution is -2.12. The first-order valence-electron chi connectivity index (χ1n) is 5.65. The van der Waals surface area contributed by atoms with Gasteiger partial charge >= 0.3 is 6.01 Å². The molecular formula is C13H10FN3O3. The number of ether oxygens (including phenoxy) is 1. The smallest absolute Gasteiger partial charge is 0.316 e. The Bertz CT molecular complexity index is 631. The Morgan fingerprint density at radius 2 is 2.00 bits per heavy atom. The van der Waals surface area contributed by atoms with Gasteiger partial charge in [0.25, 0.3) is 0 Å². The van der Waals surface area contributed by atoms with E-state index >= 15 is 0 Å². The molecule has 2 rings (SSSR count). The number of aromatic nitrogens is 2. The van der Waals surface area contributed by atoms with Crippen LogP contribution in [0.4, 0.5) is 4.39 Å². The van der Waals surface area contributed by atoms with Gasteiger partial charge in [-0.1, -0.05) is 5.18 Å². The summed E-state index contributed by atoms with van der Waals surface area (Å²) in [6.07, 6.45) is 1.36. The van der Waals surface area contributed by atoms with Crippen LogP contribution in [0.25, 0.3) is 0 Å². The van der Waals surface area contributed by atoms with Crippen LogP contribution in [-0.4, -0.2) is 22.9 Å². The highest BCUT2D eigenvalue weighted by atomic mass is 19.1. The van der Waals surface area contributed by atoms with E-state index in [-0.39, 0.29) is 17.3 Å². The molecule has 0 saturated heterocycles. The molecule has 1 atom stereocenters. The molecule has 0 spiro atoms. The number of hydrogen-bond acceptors (Lipinski definition) is 6. The van der Waals surface area contributed by atoms with Gasteiger partial charge in [0.15, 0.2) is 11.8 Å². The molecule has 0 N–H and O–H groups in total. The standard InChI is InChI=1S/C13H10FN3O3/c1-20-13-15-7-6-10(16-13)11(17-19)12(18)8-2-4-9(14)5-3-8/h2-7,11H,1H3. The quantitative estimate of drug-likeness (QED) is 0.617. The fourth-order valence-corrected chi connectivity index (χ4v) is 1.61. The summed E-state index contributed by atoms with van der Waals surface area (Å²) in [5, 5.41) is 2.79. The summed E-state index contributed by atoms with van der Waals surface area (Å²) < 4.78 is 17.6. The predicted octanol–water partition coefficient (Wildman–Crippen LogP) is 2.31. The predicted molar refractivity (Wildman–Crippen MR) is 67.9 cm³/mol. The third-order valence-corrected chi connectivity index (χ3v) is 2.60. The van der Waals surface area contributed by atoms with Crippen molar-refractivity contribution in [3.05, 3.63) is 58.5 Å². The average molecular weight is 275 g/mol. The Hall–Kier alpha value is -2.70. The summed E-state index contributed by atoms with van der Waals surface area (Å²) in [5.41, 5.74) is 0.301. The Labute approximate surface area is 113 Å². The summed E-state index contributed by atoms with van der Waals surface area (Å²) in [5.74, 6) is -1.04.